The average molecular weight is 668 g/mol. The van der Waals surface area contributed by atoms with Crippen LogP contribution in [0.15, 0.2) is 70.3 Å². The van der Waals surface area contributed by atoms with Gasteiger partial charge in [0.2, 0.25) is 0 Å². The minimum atomic E-state index is -0.929. The number of halogens is 2. The number of carboxylic acids is 1. The molecule has 2 fully saturated rings. The summed E-state index contributed by atoms with van der Waals surface area (Å²) in [5, 5.41) is 15.0. The summed E-state index contributed by atoms with van der Waals surface area (Å²) >= 11 is 7.86. The van der Waals surface area contributed by atoms with Gasteiger partial charge in [-0.2, -0.15) is 0 Å². The molecule has 4 heterocycles. The summed E-state index contributed by atoms with van der Waals surface area (Å²) in [6.07, 6.45) is 1.66. The molecule has 2 aromatic carbocycles. The highest BCUT2D eigenvalue weighted by Gasteiger charge is 2.42. The predicted molar refractivity (Wildman–Crippen MR) is 172 cm³/mol. The molecule has 0 bridgehead atoms. The maximum Gasteiger partial charge on any atom is 0.338 e. The van der Waals surface area contributed by atoms with Crippen LogP contribution in [-0.2, 0) is 14.3 Å². The monoisotopic (exact) mass is 667 g/mol. The lowest BCUT2D eigenvalue weighted by atomic mass is 9.95. The summed E-state index contributed by atoms with van der Waals surface area (Å²) in [6, 6.07) is 10.2. The topological polar surface area (TPSA) is 131 Å². The van der Waals surface area contributed by atoms with Crippen LogP contribution in [0.3, 0.4) is 0 Å². The van der Waals surface area contributed by atoms with Crippen molar-refractivity contribution in [1.82, 2.24) is 20.1 Å². The van der Waals surface area contributed by atoms with E-state index in [9.17, 15) is 18.8 Å². The Hall–Kier alpha value is -4.53. The van der Waals surface area contributed by atoms with E-state index < -0.39 is 23.8 Å². The molecule has 0 radical (unpaired) electrons. The van der Waals surface area contributed by atoms with Gasteiger partial charge in [0.15, 0.2) is 10.8 Å². The van der Waals surface area contributed by atoms with Gasteiger partial charge in [0.25, 0.3) is 0 Å². The Bertz CT molecular complexity index is 1720. The smallest absolute Gasteiger partial charge is 0.338 e. The number of hydrogen-bond acceptors (Lipinski definition) is 10. The first-order chi connectivity index (χ1) is 22.1. The number of piperazine rings is 1. The Morgan fingerprint density at radius 1 is 1.20 bits per heavy atom. The largest absolute Gasteiger partial charge is 0.480 e. The van der Waals surface area contributed by atoms with Gasteiger partial charge >= 0.3 is 18.0 Å². The van der Waals surface area contributed by atoms with Gasteiger partial charge in [-0.15, -0.1) is 11.3 Å². The minimum absolute atomic E-state index is 0.0919. The lowest BCUT2D eigenvalue weighted by molar-refractivity contribution is -0.137. The molecule has 3 aliphatic heterocycles. The fourth-order valence-corrected chi connectivity index (χ4v) is 6.86. The van der Waals surface area contributed by atoms with Gasteiger partial charge in [0, 0.05) is 79.0 Å². The van der Waals surface area contributed by atoms with Crippen molar-refractivity contribution < 1.29 is 28.6 Å². The van der Waals surface area contributed by atoms with E-state index in [4.69, 9.17) is 26.4 Å². The maximum absolute atomic E-state index is 14.0. The quantitative estimate of drug-likeness (QED) is 0.329. The summed E-state index contributed by atoms with van der Waals surface area (Å²) in [7, 11) is 2.99. The number of aliphatic imine (C=N–C) groups is 1. The number of anilines is 2. The number of methoxy groups -OCH3 is 1. The number of carbonyl (C=O) groups is 3. The van der Waals surface area contributed by atoms with Gasteiger partial charge in [0.05, 0.1) is 18.7 Å². The van der Waals surface area contributed by atoms with Crippen molar-refractivity contribution in [3.05, 3.63) is 86.7 Å². The number of ether oxygens (including phenoxy) is 1. The van der Waals surface area contributed by atoms with Crippen molar-refractivity contribution in [2.45, 2.75) is 12.1 Å². The van der Waals surface area contributed by atoms with Crippen LogP contribution in [0, 0.1) is 5.82 Å². The van der Waals surface area contributed by atoms with Crippen LogP contribution in [0.25, 0.3) is 0 Å². The Labute approximate surface area is 273 Å². The van der Waals surface area contributed by atoms with E-state index in [-0.39, 0.29) is 29.2 Å². The molecule has 0 saturated carbocycles. The number of benzene rings is 2. The lowest BCUT2D eigenvalue weighted by Crippen LogP contribution is -2.53. The number of urea groups is 1. The Morgan fingerprint density at radius 2 is 1.98 bits per heavy atom. The van der Waals surface area contributed by atoms with E-state index in [0.717, 1.165) is 11.4 Å². The fraction of sp³-hybridized carbons (Fsp3) is 0.323. The summed E-state index contributed by atoms with van der Waals surface area (Å²) in [5.74, 6) is -1.56. The molecule has 15 heteroatoms. The number of thiazole rings is 1. The third-order valence-corrected chi connectivity index (χ3v) is 9.32. The Morgan fingerprint density at radius 3 is 2.65 bits per heavy atom. The zero-order chi connectivity index (χ0) is 32.5. The van der Waals surface area contributed by atoms with E-state index in [1.54, 1.807) is 35.2 Å². The van der Waals surface area contributed by atoms with E-state index in [1.165, 1.54) is 36.6 Å². The first-order valence-electron chi connectivity index (χ1n) is 14.5. The van der Waals surface area contributed by atoms with Gasteiger partial charge < -0.3 is 25.0 Å². The molecule has 3 aromatic rings. The number of aromatic nitrogens is 1. The number of esters is 1. The van der Waals surface area contributed by atoms with E-state index in [2.05, 4.69) is 15.2 Å². The summed E-state index contributed by atoms with van der Waals surface area (Å²) in [4.78, 5) is 54.3. The number of carbonyl (C=O) groups excluding carboxylic acids is 2. The number of carboxylic acid groups (broad SMARTS) is 1. The number of amides is 2. The number of hydrogen-bond donors (Lipinski definition) is 2. The van der Waals surface area contributed by atoms with Gasteiger partial charge in [-0.3, -0.25) is 19.6 Å². The molecule has 0 spiro atoms. The van der Waals surface area contributed by atoms with Crippen LogP contribution < -0.4 is 15.1 Å². The standard InChI is InChI=1S/C31H31ClFN7O5S/c1-37(17-25(41)42)19-4-6-20(7-5-19)40-15-21-14-38(10-11-39(21)31(40)44)16-24-26(30(43)45-2)27(22-8-3-18(33)13-23(22)32)36-28(35-24)29-34-9-12-46-29/h3-9,12-13,21,27H,10-11,14-17H2,1-2H3,(H,35,36)(H,41,42)/t21-,27?/m0/s1. The van der Waals surface area contributed by atoms with Gasteiger partial charge in [-0.25, -0.2) is 19.0 Å². The highest BCUT2D eigenvalue weighted by atomic mass is 35.5. The van der Waals surface area contributed by atoms with E-state index in [0.29, 0.717) is 54.8 Å². The lowest BCUT2D eigenvalue weighted by Gasteiger charge is -2.38. The highest BCUT2D eigenvalue weighted by molar-refractivity contribution is 7.11. The van der Waals surface area contributed by atoms with Crippen molar-refractivity contribution >= 4 is 58.1 Å². The van der Waals surface area contributed by atoms with E-state index >= 15 is 0 Å². The van der Waals surface area contributed by atoms with Crippen LogP contribution in [0.4, 0.5) is 20.6 Å². The number of fused-ring (bicyclic) bond motifs is 1. The number of amidine groups is 1. The molecule has 2 saturated heterocycles. The highest BCUT2D eigenvalue weighted by Crippen LogP contribution is 2.37. The molecule has 240 valence electrons. The number of nitrogens with zero attached hydrogens (tertiary/aromatic N) is 6. The van der Waals surface area contributed by atoms with Crippen molar-refractivity contribution in [3.63, 3.8) is 0 Å². The Kier molecular flexibility index (Phi) is 8.93. The van der Waals surface area contributed by atoms with E-state index in [1.807, 2.05) is 22.4 Å². The normalized spacial score (nSPS) is 19.9. The molecule has 6 rings (SSSR count). The third-order valence-electron chi connectivity index (χ3n) is 8.22. The molecule has 1 unspecified atom stereocenters. The molecule has 1 aromatic heterocycles. The van der Waals surface area contributed by atoms with Crippen molar-refractivity contribution in [2.75, 3.05) is 63.2 Å². The number of aliphatic carboxylic acids is 1. The van der Waals surface area contributed by atoms with Crippen molar-refractivity contribution in [1.29, 1.82) is 0 Å². The van der Waals surface area contributed by atoms with Gasteiger partial charge in [-0.05, 0) is 36.4 Å². The van der Waals surface area contributed by atoms with Crippen LogP contribution in [0.5, 0.6) is 0 Å². The van der Waals surface area contributed by atoms with Crippen molar-refractivity contribution in [2.24, 2.45) is 4.99 Å². The SMILES string of the molecule is COC(=O)C1=C(CN2CCN3C(=O)N(c4ccc(N(C)CC(=O)O)cc4)C[C@@H]3C2)NC(c2nccs2)=NC1c1ccc(F)cc1Cl. The molecule has 2 amide bonds. The second-order valence-electron chi connectivity index (χ2n) is 11.1. The second-order valence-corrected chi connectivity index (χ2v) is 12.4. The van der Waals surface area contributed by atoms with Crippen LogP contribution in [-0.4, -0.2) is 103 Å². The van der Waals surface area contributed by atoms with Crippen molar-refractivity contribution in [3.8, 4) is 0 Å². The molecule has 12 nitrogen and oxygen atoms in total. The predicted octanol–water partition coefficient (Wildman–Crippen LogP) is 3.60. The van der Waals surface area contributed by atoms with Crippen LogP contribution in [0.2, 0.25) is 5.02 Å². The number of rotatable bonds is 9. The molecule has 2 atom stereocenters. The van der Waals surface area contributed by atoms with Gasteiger partial charge in [0.1, 0.15) is 18.4 Å². The van der Waals surface area contributed by atoms with Crippen LogP contribution >= 0.6 is 22.9 Å². The summed E-state index contributed by atoms with van der Waals surface area (Å²) in [6.45, 7) is 2.25. The number of nitrogens with one attached hydrogen (secondary N) is 1. The first kappa shape index (κ1) is 31.5. The third kappa shape index (κ3) is 6.28. The number of likely N-dealkylation sites (N-methyl/N-ethyl adjacent to an activating group) is 1. The molecular weight excluding hydrogens is 637 g/mol. The fourth-order valence-electron chi connectivity index (χ4n) is 6.00. The Balaban J connectivity index is 1.24. The molecule has 0 aliphatic carbocycles. The second kappa shape index (κ2) is 13.1. The minimum Gasteiger partial charge on any atom is -0.480 e. The maximum atomic E-state index is 14.0. The average Bonchev–Trinajstić information content (AvgIpc) is 3.69. The summed E-state index contributed by atoms with van der Waals surface area (Å²) < 4.78 is 19.2. The molecular formula is C31H31ClFN7O5S. The first-order valence-corrected chi connectivity index (χ1v) is 15.7. The zero-order valence-electron chi connectivity index (χ0n) is 25.0. The molecule has 3 aliphatic rings. The zero-order valence-corrected chi connectivity index (χ0v) is 26.6. The molecule has 46 heavy (non-hydrogen) atoms. The van der Waals surface area contributed by atoms with Gasteiger partial charge in [-0.1, -0.05) is 17.7 Å². The molecule has 2 N–H and O–H groups in total. The van der Waals surface area contributed by atoms with Crippen LogP contribution in [0.1, 0.15) is 16.6 Å². The summed E-state index contributed by atoms with van der Waals surface area (Å²) in [5.41, 5.74) is 2.74.